The summed E-state index contributed by atoms with van der Waals surface area (Å²) in [4.78, 5) is 15.0. The molecule has 3 rings (SSSR count). The van der Waals surface area contributed by atoms with E-state index in [0.717, 1.165) is 23.1 Å². The van der Waals surface area contributed by atoms with Crippen molar-refractivity contribution >= 4 is 11.9 Å². The van der Waals surface area contributed by atoms with Gasteiger partial charge in [0.1, 0.15) is 6.29 Å². The molecule has 1 aromatic carbocycles. The Kier molecular flexibility index (Phi) is 2.19. The lowest BCUT2D eigenvalue weighted by Gasteiger charge is -1.99. The molecule has 0 saturated heterocycles. The van der Waals surface area contributed by atoms with Crippen molar-refractivity contribution in [3.05, 3.63) is 54.5 Å². The van der Waals surface area contributed by atoms with Crippen LogP contribution in [-0.4, -0.2) is 20.9 Å². The lowest BCUT2D eigenvalue weighted by Crippen LogP contribution is -1.88. The summed E-state index contributed by atoms with van der Waals surface area (Å²) in [6.45, 7) is 0. The highest BCUT2D eigenvalue weighted by atomic mass is 16.1. The van der Waals surface area contributed by atoms with Gasteiger partial charge in [0.25, 0.3) is 0 Å². The lowest BCUT2D eigenvalue weighted by molar-refractivity contribution is 0.112. The van der Waals surface area contributed by atoms with Gasteiger partial charge in [0.15, 0.2) is 5.65 Å². The number of aromatic nitrogens is 3. The summed E-state index contributed by atoms with van der Waals surface area (Å²) in [6, 6.07) is 9.23. The first-order valence-corrected chi connectivity index (χ1v) is 5.22. The number of aldehydes is 1. The van der Waals surface area contributed by atoms with Crippen molar-refractivity contribution in [2.45, 2.75) is 0 Å². The largest absolute Gasteiger partial charge is 0.298 e. The van der Waals surface area contributed by atoms with Crippen LogP contribution in [0, 0.1) is 0 Å². The smallest absolute Gasteiger partial charge is 0.162 e. The second-order valence-electron chi connectivity index (χ2n) is 3.69. The van der Waals surface area contributed by atoms with Gasteiger partial charge < -0.3 is 0 Å². The highest BCUT2D eigenvalue weighted by Gasteiger charge is 2.07. The fourth-order valence-electron chi connectivity index (χ4n) is 1.81. The molecule has 0 spiro atoms. The van der Waals surface area contributed by atoms with Gasteiger partial charge in [-0.15, -0.1) is 0 Å². The summed E-state index contributed by atoms with van der Waals surface area (Å²) in [7, 11) is 0. The van der Waals surface area contributed by atoms with Gasteiger partial charge in [-0.2, -0.15) is 5.10 Å². The zero-order valence-electron chi connectivity index (χ0n) is 8.95. The summed E-state index contributed by atoms with van der Waals surface area (Å²) >= 11 is 0. The van der Waals surface area contributed by atoms with E-state index in [2.05, 4.69) is 10.1 Å². The maximum Gasteiger partial charge on any atom is 0.162 e. The van der Waals surface area contributed by atoms with Crippen LogP contribution in [0.3, 0.4) is 0 Å². The second-order valence-corrected chi connectivity index (χ2v) is 3.69. The third-order valence-electron chi connectivity index (χ3n) is 2.61. The molecule has 0 N–H and O–H groups in total. The van der Waals surface area contributed by atoms with Crippen LogP contribution in [0.2, 0.25) is 0 Å². The molecule has 3 aromatic rings. The molecule has 0 radical (unpaired) electrons. The molecule has 0 aliphatic rings. The SMILES string of the molecule is O=Cc1cccc(-c2cnn3cccnc23)c1. The van der Waals surface area contributed by atoms with E-state index >= 15 is 0 Å². The van der Waals surface area contributed by atoms with Crippen LogP contribution in [0.5, 0.6) is 0 Å². The minimum Gasteiger partial charge on any atom is -0.298 e. The summed E-state index contributed by atoms with van der Waals surface area (Å²) < 4.78 is 1.71. The molecule has 2 heterocycles. The van der Waals surface area contributed by atoms with Crippen LogP contribution in [0.1, 0.15) is 10.4 Å². The molecular formula is C13H9N3O. The third kappa shape index (κ3) is 1.59. The quantitative estimate of drug-likeness (QED) is 0.626. The summed E-state index contributed by atoms with van der Waals surface area (Å²) in [5.41, 5.74) is 3.31. The molecule has 0 amide bonds. The Balaban J connectivity index is 2.23. The predicted octanol–water partition coefficient (Wildman–Crippen LogP) is 2.21. The molecule has 0 bridgehead atoms. The highest BCUT2D eigenvalue weighted by molar-refractivity contribution is 5.82. The van der Waals surface area contributed by atoms with Crippen molar-refractivity contribution < 1.29 is 4.79 Å². The topological polar surface area (TPSA) is 47.3 Å². The number of carbonyl (C=O) groups is 1. The molecule has 4 nitrogen and oxygen atoms in total. The number of carbonyl (C=O) groups excluding carboxylic acids is 1. The highest BCUT2D eigenvalue weighted by Crippen LogP contribution is 2.23. The van der Waals surface area contributed by atoms with Gasteiger partial charge in [-0.05, 0) is 17.7 Å². The van der Waals surface area contributed by atoms with Gasteiger partial charge >= 0.3 is 0 Å². The zero-order valence-corrected chi connectivity index (χ0v) is 8.95. The van der Waals surface area contributed by atoms with Gasteiger partial charge in [0, 0.05) is 23.5 Å². The number of benzene rings is 1. The van der Waals surface area contributed by atoms with Crippen LogP contribution >= 0.6 is 0 Å². The minimum atomic E-state index is 0.651. The first-order valence-electron chi connectivity index (χ1n) is 5.22. The Labute approximate surface area is 97.5 Å². The van der Waals surface area contributed by atoms with Crippen LogP contribution < -0.4 is 0 Å². The van der Waals surface area contributed by atoms with Crippen molar-refractivity contribution in [2.75, 3.05) is 0 Å². The van der Waals surface area contributed by atoms with Crippen molar-refractivity contribution in [1.82, 2.24) is 14.6 Å². The average molecular weight is 223 g/mol. The average Bonchev–Trinajstić information content (AvgIpc) is 2.82. The molecule has 82 valence electrons. The Morgan fingerprint density at radius 3 is 3.06 bits per heavy atom. The first-order chi connectivity index (χ1) is 8.38. The molecule has 17 heavy (non-hydrogen) atoms. The van der Waals surface area contributed by atoms with Crippen molar-refractivity contribution in [1.29, 1.82) is 0 Å². The fraction of sp³-hybridized carbons (Fsp3) is 0. The molecule has 2 aromatic heterocycles. The van der Waals surface area contributed by atoms with Crippen LogP contribution in [0.15, 0.2) is 48.9 Å². The van der Waals surface area contributed by atoms with Crippen LogP contribution in [0.4, 0.5) is 0 Å². The number of nitrogens with zero attached hydrogens (tertiary/aromatic N) is 3. The second kappa shape index (κ2) is 3.83. The van der Waals surface area contributed by atoms with Crippen molar-refractivity contribution in [3.8, 4) is 11.1 Å². The van der Waals surface area contributed by atoms with E-state index in [9.17, 15) is 4.79 Å². The van der Waals surface area contributed by atoms with Gasteiger partial charge in [0.2, 0.25) is 0 Å². The molecule has 0 aliphatic heterocycles. The molecular weight excluding hydrogens is 214 g/mol. The van der Waals surface area contributed by atoms with Crippen molar-refractivity contribution in [2.24, 2.45) is 0 Å². The van der Waals surface area contributed by atoms with E-state index in [4.69, 9.17) is 0 Å². The number of hydrogen-bond acceptors (Lipinski definition) is 3. The predicted molar refractivity (Wildman–Crippen MR) is 63.8 cm³/mol. The Morgan fingerprint density at radius 1 is 1.24 bits per heavy atom. The Morgan fingerprint density at radius 2 is 2.18 bits per heavy atom. The van der Waals surface area contributed by atoms with E-state index in [-0.39, 0.29) is 0 Å². The number of hydrogen-bond donors (Lipinski definition) is 0. The zero-order chi connectivity index (χ0) is 11.7. The van der Waals surface area contributed by atoms with E-state index < -0.39 is 0 Å². The third-order valence-corrected chi connectivity index (χ3v) is 2.61. The maximum absolute atomic E-state index is 10.8. The summed E-state index contributed by atoms with van der Waals surface area (Å²) in [5.74, 6) is 0. The summed E-state index contributed by atoms with van der Waals surface area (Å²) in [5, 5.41) is 4.22. The normalized spacial score (nSPS) is 10.6. The van der Waals surface area contributed by atoms with E-state index in [1.54, 1.807) is 23.0 Å². The molecule has 0 fully saturated rings. The van der Waals surface area contributed by atoms with Crippen LogP contribution in [-0.2, 0) is 0 Å². The fourth-order valence-corrected chi connectivity index (χ4v) is 1.81. The van der Waals surface area contributed by atoms with E-state index in [1.165, 1.54) is 0 Å². The maximum atomic E-state index is 10.8. The Bertz CT molecular complexity index is 688. The van der Waals surface area contributed by atoms with Gasteiger partial charge in [-0.1, -0.05) is 18.2 Å². The standard InChI is InChI=1S/C13H9N3O/c17-9-10-3-1-4-11(7-10)12-8-15-16-6-2-5-14-13(12)16/h1-9H. The minimum absolute atomic E-state index is 0.651. The van der Waals surface area contributed by atoms with E-state index in [0.29, 0.717) is 5.56 Å². The summed E-state index contributed by atoms with van der Waals surface area (Å²) in [6.07, 6.45) is 6.16. The van der Waals surface area contributed by atoms with Gasteiger partial charge in [-0.25, -0.2) is 9.50 Å². The Hall–Kier alpha value is -2.49. The monoisotopic (exact) mass is 223 g/mol. The lowest BCUT2D eigenvalue weighted by atomic mass is 10.1. The molecule has 0 unspecified atom stereocenters. The molecule has 4 heteroatoms. The van der Waals surface area contributed by atoms with Crippen molar-refractivity contribution in [3.63, 3.8) is 0 Å². The van der Waals surface area contributed by atoms with E-state index in [1.807, 2.05) is 30.5 Å². The number of rotatable bonds is 2. The molecule has 0 atom stereocenters. The first kappa shape index (κ1) is 9.72. The number of fused-ring (bicyclic) bond motifs is 1. The molecule has 0 aliphatic carbocycles. The van der Waals surface area contributed by atoms with Crippen LogP contribution in [0.25, 0.3) is 16.8 Å². The van der Waals surface area contributed by atoms with Gasteiger partial charge in [-0.3, -0.25) is 4.79 Å². The van der Waals surface area contributed by atoms with Gasteiger partial charge in [0.05, 0.1) is 6.20 Å². The molecule has 0 saturated carbocycles.